The third-order valence-electron chi connectivity index (χ3n) is 3.06. The predicted octanol–water partition coefficient (Wildman–Crippen LogP) is 2.89. The van der Waals surface area contributed by atoms with Crippen molar-refractivity contribution in [1.82, 2.24) is 4.90 Å². The van der Waals surface area contributed by atoms with Gasteiger partial charge in [-0.3, -0.25) is 4.90 Å². The molecule has 96 valence electrons. The molecular weight excluding hydrogens is 196 g/mol. The van der Waals surface area contributed by atoms with Crippen LogP contribution in [0.25, 0.3) is 0 Å². The Labute approximate surface area is 102 Å². The summed E-state index contributed by atoms with van der Waals surface area (Å²) in [7, 11) is 0. The first-order valence-electron chi connectivity index (χ1n) is 6.56. The summed E-state index contributed by atoms with van der Waals surface area (Å²) in [6, 6.07) is 0.593. The maximum absolute atomic E-state index is 5.82. The molecule has 0 aromatic carbocycles. The fraction of sp³-hybridized carbons (Fsp3) is 0.857. The van der Waals surface area contributed by atoms with Crippen molar-refractivity contribution in [1.29, 1.82) is 0 Å². The summed E-state index contributed by atoms with van der Waals surface area (Å²) >= 11 is 0. The van der Waals surface area contributed by atoms with E-state index in [1.165, 1.54) is 12.8 Å². The van der Waals surface area contributed by atoms with E-state index >= 15 is 0 Å². The molecule has 0 aliphatic rings. The highest BCUT2D eigenvalue weighted by molar-refractivity contribution is 4.76. The summed E-state index contributed by atoms with van der Waals surface area (Å²) in [5.41, 5.74) is 5.82. The molecule has 0 rings (SSSR count). The van der Waals surface area contributed by atoms with E-state index in [1.807, 2.05) is 6.08 Å². The molecule has 0 aliphatic heterocycles. The van der Waals surface area contributed by atoms with Crippen molar-refractivity contribution in [2.24, 2.45) is 17.6 Å². The Hall–Kier alpha value is -0.340. The van der Waals surface area contributed by atoms with Gasteiger partial charge in [0, 0.05) is 12.6 Å². The van der Waals surface area contributed by atoms with Crippen molar-refractivity contribution in [3.05, 3.63) is 12.7 Å². The van der Waals surface area contributed by atoms with Gasteiger partial charge in [0.25, 0.3) is 0 Å². The average molecular weight is 226 g/mol. The quantitative estimate of drug-likeness (QED) is 0.613. The van der Waals surface area contributed by atoms with Crippen molar-refractivity contribution < 1.29 is 0 Å². The third-order valence-corrected chi connectivity index (χ3v) is 3.06. The minimum atomic E-state index is 0.593. The zero-order valence-corrected chi connectivity index (χ0v) is 11.6. The van der Waals surface area contributed by atoms with Gasteiger partial charge in [0.1, 0.15) is 0 Å². The highest BCUT2D eigenvalue weighted by Crippen LogP contribution is 2.15. The molecule has 2 N–H and O–H groups in total. The van der Waals surface area contributed by atoms with Gasteiger partial charge in [0.15, 0.2) is 0 Å². The van der Waals surface area contributed by atoms with Gasteiger partial charge >= 0.3 is 0 Å². The molecule has 0 saturated heterocycles. The van der Waals surface area contributed by atoms with Gasteiger partial charge in [-0.2, -0.15) is 0 Å². The maximum atomic E-state index is 5.82. The van der Waals surface area contributed by atoms with Crippen LogP contribution in [-0.4, -0.2) is 30.6 Å². The summed E-state index contributed by atoms with van der Waals surface area (Å²) in [4.78, 5) is 2.45. The molecule has 0 bridgehead atoms. The zero-order valence-electron chi connectivity index (χ0n) is 11.6. The van der Waals surface area contributed by atoms with Crippen molar-refractivity contribution in [3.8, 4) is 0 Å². The second kappa shape index (κ2) is 8.77. The number of hydrogen-bond donors (Lipinski definition) is 1. The lowest BCUT2D eigenvalue weighted by atomic mass is 9.94. The molecule has 0 spiro atoms. The van der Waals surface area contributed by atoms with Crippen LogP contribution in [0.4, 0.5) is 0 Å². The van der Waals surface area contributed by atoms with Crippen molar-refractivity contribution >= 4 is 0 Å². The van der Waals surface area contributed by atoms with Gasteiger partial charge in [-0.05, 0) is 51.6 Å². The Morgan fingerprint density at radius 3 is 2.25 bits per heavy atom. The van der Waals surface area contributed by atoms with Crippen LogP contribution in [0.1, 0.15) is 40.5 Å². The minimum absolute atomic E-state index is 0.593. The van der Waals surface area contributed by atoms with E-state index < -0.39 is 0 Å². The van der Waals surface area contributed by atoms with Crippen molar-refractivity contribution in [3.63, 3.8) is 0 Å². The average Bonchev–Trinajstić information content (AvgIpc) is 2.21. The van der Waals surface area contributed by atoms with Crippen LogP contribution >= 0.6 is 0 Å². The summed E-state index contributed by atoms with van der Waals surface area (Å²) in [5, 5.41) is 0. The Morgan fingerprint density at radius 2 is 1.88 bits per heavy atom. The molecule has 2 nitrogen and oxygen atoms in total. The normalized spacial score (nSPS) is 13.8. The number of hydrogen-bond acceptors (Lipinski definition) is 2. The van der Waals surface area contributed by atoms with Crippen LogP contribution < -0.4 is 5.73 Å². The molecule has 1 unspecified atom stereocenters. The van der Waals surface area contributed by atoms with E-state index in [2.05, 4.69) is 39.2 Å². The standard InChI is InChI=1S/C14H30N2/c1-6-8-16(13(4)5)9-7-14(11-15)10-12(2)3/h6,12-14H,1,7-11,15H2,2-5H3. The Morgan fingerprint density at radius 1 is 1.25 bits per heavy atom. The van der Waals surface area contributed by atoms with E-state index in [-0.39, 0.29) is 0 Å². The Kier molecular flexibility index (Phi) is 8.58. The second-order valence-corrected chi connectivity index (χ2v) is 5.40. The van der Waals surface area contributed by atoms with Gasteiger partial charge < -0.3 is 5.73 Å². The van der Waals surface area contributed by atoms with Gasteiger partial charge in [0.05, 0.1) is 0 Å². The lowest BCUT2D eigenvalue weighted by Crippen LogP contribution is -2.34. The molecular formula is C14H30N2. The molecule has 0 aromatic rings. The van der Waals surface area contributed by atoms with E-state index in [0.717, 1.165) is 25.6 Å². The molecule has 2 heteroatoms. The molecule has 0 saturated carbocycles. The number of nitrogens with two attached hydrogens (primary N) is 1. The monoisotopic (exact) mass is 226 g/mol. The Balaban J connectivity index is 4.00. The second-order valence-electron chi connectivity index (χ2n) is 5.40. The molecule has 1 atom stereocenters. The molecule has 0 fully saturated rings. The van der Waals surface area contributed by atoms with Gasteiger partial charge in [-0.1, -0.05) is 19.9 Å². The number of rotatable bonds is 9. The van der Waals surface area contributed by atoms with Gasteiger partial charge in [-0.25, -0.2) is 0 Å². The first-order chi connectivity index (χ1) is 7.51. The lowest BCUT2D eigenvalue weighted by molar-refractivity contribution is 0.220. The number of nitrogens with zero attached hydrogens (tertiary/aromatic N) is 1. The van der Waals surface area contributed by atoms with Crippen LogP contribution in [0.2, 0.25) is 0 Å². The fourth-order valence-electron chi connectivity index (χ4n) is 2.07. The largest absolute Gasteiger partial charge is 0.330 e. The first kappa shape index (κ1) is 15.7. The molecule has 0 heterocycles. The van der Waals surface area contributed by atoms with Gasteiger partial charge in [-0.15, -0.1) is 6.58 Å². The smallest absolute Gasteiger partial charge is 0.0163 e. The maximum Gasteiger partial charge on any atom is 0.0163 e. The minimum Gasteiger partial charge on any atom is -0.330 e. The molecule has 0 aromatic heterocycles. The molecule has 0 aliphatic carbocycles. The first-order valence-corrected chi connectivity index (χ1v) is 6.56. The predicted molar refractivity (Wildman–Crippen MR) is 73.5 cm³/mol. The van der Waals surface area contributed by atoms with Crippen LogP contribution in [0.5, 0.6) is 0 Å². The third kappa shape index (κ3) is 7.02. The summed E-state index contributed by atoms with van der Waals surface area (Å²) in [6.45, 7) is 15.8. The SMILES string of the molecule is C=CCN(CCC(CN)CC(C)C)C(C)C. The van der Waals surface area contributed by atoms with Crippen LogP contribution in [0.3, 0.4) is 0 Å². The van der Waals surface area contributed by atoms with Crippen molar-refractivity contribution in [2.75, 3.05) is 19.6 Å². The summed E-state index contributed by atoms with van der Waals surface area (Å²) in [5.74, 6) is 1.42. The zero-order chi connectivity index (χ0) is 12.6. The molecule has 0 amide bonds. The van der Waals surface area contributed by atoms with Crippen LogP contribution in [0.15, 0.2) is 12.7 Å². The van der Waals surface area contributed by atoms with E-state index in [9.17, 15) is 0 Å². The lowest BCUT2D eigenvalue weighted by Gasteiger charge is -2.27. The topological polar surface area (TPSA) is 29.3 Å². The molecule has 0 radical (unpaired) electrons. The van der Waals surface area contributed by atoms with Crippen LogP contribution in [0, 0.1) is 11.8 Å². The Bertz CT molecular complexity index is 176. The molecule has 16 heavy (non-hydrogen) atoms. The highest BCUT2D eigenvalue weighted by Gasteiger charge is 2.13. The highest BCUT2D eigenvalue weighted by atomic mass is 15.1. The van der Waals surface area contributed by atoms with E-state index in [4.69, 9.17) is 5.73 Å². The van der Waals surface area contributed by atoms with Crippen molar-refractivity contribution in [2.45, 2.75) is 46.6 Å². The van der Waals surface area contributed by atoms with Crippen LogP contribution in [-0.2, 0) is 0 Å². The fourth-order valence-corrected chi connectivity index (χ4v) is 2.07. The van der Waals surface area contributed by atoms with E-state index in [1.54, 1.807) is 0 Å². The van der Waals surface area contributed by atoms with E-state index in [0.29, 0.717) is 12.0 Å². The summed E-state index contributed by atoms with van der Waals surface area (Å²) < 4.78 is 0. The summed E-state index contributed by atoms with van der Waals surface area (Å²) in [6.07, 6.45) is 4.44. The van der Waals surface area contributed by atoms with Gasteiger partial charge in [0.2, 0.25) is 0 Å².